The van der Waals surface area contributed by atoms with Crippen LogP contribution in [0.15, 0.2) is 42.7 Å². The molecule has 4 nitrogen and oxygen atoms in total. The molecule has 0 spiro atoms. The highest BCUT2D eigenvalue weighted by Crippen LogP contribution is 2.27. The molecule has 1 N–H and O–H groups in total. The second-order valence-corrected chi connectivity index (χ2v) is 5.42. The number of rotatable bonds is 3. The number of aromatic nitrogens is 2. The summed E-state index contributed by atoms with van der Waals surface area (Å²) in [7, 11) is 2.19. The molecule has 1 fully saturated rings. The van der Waals surface area contributed by atoms with Crippen LogP contribution in [0.3, 0.4) is 0 Å². The average molecular weight is 268 g/mol. The van der Waals surface area contributed by atoms with Gasteiger partial charge in [0.1, 0.15) is 11.6 Å². The second kappa shape index (κ2) is 6.01. The van der Waals surface area contributed by atoms with E-state index in [1.165, 1.54) is 24.9 Å². The first kappa shape index (κ1) is 13.1. The largest absolute Gasteiger partial charge is 0.325 e. The van der Waals surface area contributed by atoms with Crippen LogP contribution in [0, 0.1) is 0 Å². The molecular formula is C16H20N4. The molecule has 3 rings (SSSR count). The maximum absolute atomic E-state index is 4.38. The minimum Gasteiger partial charge on any atom is -0.325 e. The summed E-state index contributed by atoms with van der Waals surface area (Å²) in [6, 6.07) is 10.1. The fourth-order valence-electron chi connectivity index (χ4n) is 2.78. The van der Waals surface area contributed by atoms with Crippen molar-refractivity contribution in [1.29, 1.82) is 0 Å². The van der Waals surface area contributed by atoms with Crippen LogP contribution in [-0.4, -0.2) is 35.0 Å². The number of hydrogen-bond acceptors (Lipinski definition) is 4. The first-order valence-corrected chi connectivity index (χ1v) is 7.14. The topological polar surface area (TPSA) is 41.1 Å². The number of nitrogens with zero attached hydrogens (tertiary/aromatic N) is 3. The molecule has 0 aromatic carbocycles. The van der Waals surface area contributed by atoms with Crippen molar-refractivity contribution in [3.05, 3.63) is 48.3 Å². The van der Waals surface area contributed by atoms with Gasteiger partial charge in [0.2, 0.25) is 0 Å². The Labute approximate surface area is 119 Å². The SMILES string of the molecule is CN1CCCC(c2ccnc(Nc3ccccn3)c2)C1. The lowest BCUT2D eigenvalue weighted by Gasteiger charge is -2.30. The molecule has 1 aliphatic rings. The van der Waals surface area contributed by atoms with Crippen molar-refractivity contribution in [2.24, 2.45) is 0 Å². The van der Waals surface area contributed by atoms with E-state index in [9.17, 15) is 0 Å². The zero-order chi connectivity index (χ0) is 13.8. The average Bonchev–Trinajstić information content (AvgIpc) is 2.49. The first-order valence-electron chi connectivity index (χ1n) is 7.14. The highest BCUT2D eigenvalue weighted by molar-refractivity contribution is 5.52. The van der Waals surface area contributed by atoms with Crippen LogP contribution in [-0.2, 0) is 0 Å². The van der Waals surface area contributed by atoms with Crippen molar-refractivity contribution in [3.8, 4) is 0 Å². The number of anilines is 2. The summed E-state index contributed by atoms with van der Waals surface area (Å²) < 4.78 is 0. The Morgan fingerprint density at radius 3 is 2.85 bits per heavy atom. The summed E-state index contributed by atoms with van der Waals surface area (Å²) in [4.78, 5) is 11.1. The molecule has 0 radical (unpaired) electrons. The molecular weight excluding hydrogens is 248 g/mol. The van der Waals surface area contributed by atoms with Gasteiger partial charge in [0, 0.05) is 18.9 Å². The van der Waals surface area contributed by atoms with Gasteiger partial charge < -0.3 is 10.2 Å². The van der Waals surface area contributed by atoms with Crippen LogP contribution in [0.4, 0.5) is 11.6 Å². The molecule has 4 heteroatoms. The van der Waals surface area contributed by atoms with Gasteiger partial charge in [0.15, 0.2) is 0 Å². The van der Waals surface area contributed by atoms with Crippen molar-refractivity contribution in [3.63, 3.8) is 0 Å². The summed E-state index contributed by atoms with van der Waals surface area (Å²) in [5.74, 6) is 2.31. The Morgan fingerprint density at radius 2 is 2.05 bits per heavy atom. The van der Waals surface area contributed by atoms with Gasteiger partial charge in [-0.05, 0) is 62.2 Å². The zero-order valence-corrected chi connectivity index (χ0v) is 11.8. The molecule has 2 aromatic rings. The molecule has 1 saturated heterocycles. The van der Waals surface area contributed by atoms with Crippen molar-refractivity contribution in [2.45, 2.75) is 18.8 Å². The van der Waals surface area contributed by atoms with Crippen molar-refractivity contribution < 1.29 is 0 Å². The fourth-order valence-corrected chi connectivity index (χ4v) is 2.78. The van der Waals surface area contributed by atoms with E-state index in [1.807, 2.05) is 24.4 Å². The molecule has 20 heavy (non-hydrogen) atoms. The van der Waals surface area contributed by atoms with Gasteiger partial charge in [-0.25, -0.2) is 9.97 Å². The van der Waals surface area contributed by atoms with Crippen molar-refractivity contribution >= 4 is 11.6 Å². The van der Waals surface area contributed by atoms with Crippen LogP contribution in [0.2, 0.25) is 0 Å². The number of piperidine rings is 1. The van der Waals surface area contributed by atoms with E-state index >= 15 is 0 Å². The van der Waals surface area contributed by atoms with E-state index in [0.717, 1.165) is 18.2 Å². The van der Waals surface area contributed by atoms with Gasteiger partial charge in [0.25, 0.3) is 0 Å². The normalized spacial score (nSPS) is 19.8. The molecule has 0 bridgehead atoms. The van der Waals surface area contributed by atoms with E-state index in [4.69, 9.17) is 0 Å². The Morgan fingerprint density at radius 1 is 1.15 bits per heavy atom. The summed E-state index contributed by atoms with van der Waals surface area (Å²) in [5, 5.41) is 3.26. The Bertz CT molecular complexity index is 555. The van der Waals surface area contributed by atoms with E-state index in [2.05, 4.69) is 39.4 Å². The summed E-state index contributed by atoms with van der Waals surface area (Å²) in [6.07, 6.45) is 6.20. The monoisotopic (exact) mass is 268 g/mol. The zero-order valence-electron chi connectivity index (χ0n) is 11.8. The molecule has 2 aromatic heterocycles. The molecule has 0 saturated carbocycles. The van der Waals surface area contributed by atoms with Crippen molar-refractivity contribution in [1.82, 2.24) is 14.9 Å². The lowest BCUT2D eigenvalue weighted by atomic mass is 9.91. The van der Waals surface area contributed by atoms with Crippen LogP contribution in [0.25, 0.3) is 0 Å². The predicted molar refractivity (Wildman–Crippen MR) is 81.2 cm³/mol. The highest BCUT2D eigenvalue weighted by Gasteiger charge is 2.19. The maximum atomic E-state index is 4.38. The third kappa shape index (κ3) is 3.14. The second-order valence-electron chi connectivity index (χ2n) is 5.42. The quantitative estimate of drug-likeness (QED) is 0.929. The molecule has 1 unspecified atom stereocenters. The number of likely N-dealkylation sites (tertiary alicyclic amines) is 1. The van der Waals surface area contributed by atoms with E-state index in [-0.39, 0.29) is 0 Å². The van der Waals surface area contributed by atoms with Crippen LogP contribution < -0.4 is 5.32 Å². The number of nitrogens with one attached hydrogen (secondary N) is 1. The summed E-state index contributed by atoms with van der Waals surface area (Å²) in [5.41, 5.74) is 1.37. The van der Waals surface area contributed by atoms with Crippen LogP contribution in [0.5, 0.6) is 0 Å². The smallest absolute Gasteiger partial charge is 0.131 e. The Kier molecular flexibility index (Phi) is 3.92. The van der Waals surface area contributed by atoms with Crippen LogP contribution >= 0.6 is 0 Å². The highest BCUT2D eigenvalue weighted by atomic mass is 15.1. The van der Waals surface area contributed by atoms with Gasteiger partial charge >= 0.3 is 0 Å². The third-order valence-corrected chi connectivity index (χ3v) is 3.80. The molecule has 104 valence electrons. The van der Waals surface area contributed by atoms with E-state index in [1.54, 1.807) is 6.20 Å². The molecule has 0 amide bonds. The van der Waals surface area contributed by atoms with Gasteiger partial charge in [-0.15, -0.1) is 0 Å². The molecule has 0 aliphatic carbocycles. The minimum atomic E-state index is 0.612. The fraction of sp³-hybridized carbons (Fsp3) is 0.375. The lowest BCUT2D eigenvalue weighted by molar-refractivity contribution is 0.251. The lowest BCUT2D eigenvalue weighted by Crippen LogP contribution is -2.30. The van der Waals surface area contributed by atoms with Crippen LogP contribution in [0.1, 0.15) is 24.3 Å². The maximum Gasteiger partial charge on any atom is 0.131 e. The molecule has 3 heterocycles. The van der Waals surface area contributed by atoms with Gasteiger partial charge in [-0.1, -0.05) is 6.07 Å². The number of pyridine rings is 2. The van der Waals surface area contributed by atoms with E-state index < -0.39 is 0 Å². The molecule has 1 atom stereocenters. The number of hydrogen-bond donors (Lipinski definition) is 1. The molecule has 1 aliphatic heterocycles. The third-order valence-electron chi connectivity index (χ3n) is 3.80. The Hall–Kier alpha value is -1.94. The van der Waals surface area contributed by atoms with Gasteiger partial charge in [-0.2, -0.15) is 0 Å². The predicted octanol–water partition coefficient (Wildman–Crippen LogP) is 3.03. The summed E-state index contributed by atoms with van der Waals surface area (Å²) >= 11 is 0. The minimum absolute atomic E-state index is 0.612. The van der Waals surface area contributed by atoms with Gasteiger partial charge in [-0.3, -0.25) is 0 Å². The number of likely N-dealkylation sites (N-methyl/N-ethyl adjacent to an activating group) is 1. The van der Waals surface area contributed by atoms with Crippen molar-refractivity contribution in [2.75, 3.05) is 25.5 Å². The Balaban J connectivity index is 1.75. The summed E-state index contributed by atoms with van der Waals surface area (Å²) in [6.45, 7) is 2.34. The standard InChI is InChI=1S/C16H20N4/c1-20-10-4-5-14(12-20)13-7-9-18-16(11-13)19-15-6-2-3-8-17-15/h2-3,6-9,11,14H,4-5,10,12H2,1H3,(H,17,18,19). The van der Waals surface area contributed by atoms with Gasteiger partial charge in [0.05, 0.1) is 0 Å². The van der Waals surface area contributed by atoms with E-state index in [0.29, 0.717) is 5.92 Å². The first-order chi connectivity index (χ1) is 9.81.